The zero-order valence-electron chi connectivity index (χ0n) is 37.0. The van der Waals surface area contributed by atoms with Crippen LogP contribution in [0.1, 0.15) is 53.6 Å². The molecule has 0 radical (unpaired) electrons. The Kier molecular flexibility index (Phi) is 7.82. The van der Waals surface area contributed by atoms with E-state index in [2.05, 4.69) is 231 Å². The summed E-state index contributed by atoms with van der Waals surface area (Å²) in [4.78, 5) is 2.48. The molecule has 0 fully saturated rings. The molecule has 312 valence electrons. The molecule has 0 saturated heterocycles. The van der Waals surface area contributed by atoms with Gasteiger partial charge in [0.2, 0.25) is 0 Å². The Morgan fingerprint density at radius 1 is 0.424 bits per heavy atom. The van der Waals surface area contributed by atoms with Gasteiger partial charge in [-0.25, -0.2) is 0 Å². The van der Waals surface area contributed by atoms with Crippen LogP contribution in [-0.4, -0.2) is 0 Å². The molecule has 0 bridgehead atoms. The van der Waals surface area contributed by atoms with E-state index in [1.807, 2.05) is 0 Å². The first kappa shape index (κ1) is 37.4. The van der Waals surface area contributed by atoms with Crippen LogP contribution in [0.2, 0.25) is 0 Å². The fourth-order valence-electron chi connectivity index (χ4n) is 12.6. The summed E-state index contributed by atoms with van der Waals surface area (Å²) in [6, 6.07) is 79.1. The lowest BCUT2D eigenvalue weighted by atomic mass is 9.73. The van der Waals surface area contributed by atoms with Crippen molar-refractivity contribution in [3.63, 3.8) is 0 Å². The van der Waals surface area contributed by atoms with Crippen LogP contribution in [0.4, 0.5) is 17.1 Å². The monoisotopic (exact) mass is 843 g/mol. The van der Waals surface area contributed by atoms with Crippen molar-refractivity contribution < 1.29 is 4.42 Å². The predicted molar refractivity (Wildman–Crippen MR) is 274 cm³/mol. The predicted octanol–water partition coefficient (Wildman–Crippen LogP) is 17.1. The van der Waals surface area contributed by atoms with Gasteiger partial charge in [0.05, 0.1) is 0 Å². The number of furan rings is 1. The van der Waals surface area contributed by atoms with Crippen LogP contribution in [0.15, 0.2) is 217 Å². The van der Waals surface area contributed by atoms with Crippen LogP contribution in [0.5, 0.6) is 0 Å². The van der Waals surface area contributed by atoms with Crippen LogP contribution in [0.25, 0.3) is 77.2 Å². The smallest absolute Gasteiger partial charge is 0.143 e. The number of nitrogens with zero attached hydrogens (tertiary/aromatic N) is 1. The molecule has 1 aromatic heterocycles. The molecule has 66 heavy (non-hydrogen) atoms. The molecular weight excluding hydrogens is 799 g/mol. The first-order chi connectivity index (χ1) is 32.5. The van der Waals surface area contributed by atoms with Crippen molar-refractivity contribution in [1.29, 1.82) is 0 Å². The highest BCUT2D eigenvalue weighted by atomic mass is 16.3. The molecule has 0 aliphatic heterocycles. The second-order valence-electron chi connectivity index (χ2n) is 19.1. The normalized spacial score (nSPS) is 16.1. The van der Waals surface area contributed by atoms with Gasteiger partial charge in [0.1, 0.15) is 11.2 Å². The molecule has 0 amide bonds. The summed E-state index contributed by atoms with van der Waals surface area (Å²) < 4.78 is 6.63. The van der Waals surface area contributed by atoms with E-state index >= 15 is 0 Å². The first-order valence-corrected chi connectivity index (χ1v) is 23.4. The Labute approximate surface area is 385 Å². The van der Waals surface area contributed by atoms with E-state index in [0.717, 1.165) is 62.8 Å². The maximum atomic E-state index is 6.63. The van der Waals surface area contributed by atoms with Gasteiger partial charge in [0.25, 0.3) is 0 Å². The third-order valence-corrected chi connectivity index (χ3v) is 15.5. The van der Waals surface area contributed by atoms with Crippen LogP contribution >= 0.6 is 0 Å². The highest BCUT2D eigenvalue weighted by molar-refractivity contribution is 6.19. The highest BCUT2D eigenvalue weighted by Gasteiger charge is 2.48. The Bertz CT molecular complexity index is 3810. The summed E-state index contributed by atoms with van der Waals surface area (Å²) in [5, 5.41) is 4.61. The molecule has 1 heterocycles. The lowest BCUT2D eigenvalue weighted by Crippen LogP contribution is -2.24. The fourth-order valence-corrected chi connectivity index (χ4v) is 12.6. The minimum absolute atomic E-state index is 0.134. The molecule has 0 saturated carbocycles. The summed E-state index contributed by atoms with van der Waals surface area (Å²) in [7, 11) is 0. The van der Waals surface area contributed by atoms with Gasteiger partial charge >= 0.3 is 0 Å². The van der Waals surface area contributed by atoms with Crippen molar-refractivity contribution in [2.24, 2.45) is 0 Å². The van der Waals surface area contributed by atoms with Gasteiger partial charge in [-0.15, -0.1) is 0 Å². The number of hydrogen-bond acceptors (Lipinski definition) is 2. The van der Waals surface area contributed by atoms with E-state index in [1.165, 1.54) is 77.7 Å². The summed E-state index contributed by atoms with van der Waals surface area (Å²) in [5.41, 5.74) is 23.6. The standard InChI is InChI=1S/C64H45NO/c1-63(2)56-25-9-6-20-51(56)53-23-12-22-48(61(53)63)43-16-11-17-45(38-43)65(46-33-35-52-50-19-7-10-26-57(50)64(58(52)39-46)37-36-42-15-4-8-24-55(42)64)44-31-28-41(29-32-44)47-21-13-27-59-60(47)54-34-30-40-14-3-5-18-49(40)62(54)66-59/h3-35,38-39H,36-37H2,1-2H3. The Balaban J connectivity index is 0.951. The number of anilines is 3. The Morgan fingerprint density at radius 3 is 1.95 bits per heavy atom. The maximum absolute atomic E-state index is 6.63. The Morgan fingerprint density at radius 2 is 1.08 bits per heavy atom. The van der Waals surface area contributed by atoms with E-state index < -0.39 is 0 Å². The molecule has 2 nitrogen and oxygen atoms in total. The van der Waals surface area contributed by atoms with E-state index in [4.69, 9.17) is 4.42 Å². The minimum atomic E-state index is -0.196. The van der Waals surface area contributed by atoms with Crippen molar-refractivity contribution in [2.45, 2.75) is 37.5 Å². The van der Waals surface area contributed by atoms with Gasteiger partial charge in [0, 0.05) is 44.1 Å². The molecular formula is C64H45NO. The van der Waals surface area contributed by atoms with Crippen molar-refractivity contribution in [3.8, 4) is 44.5 Å². The first-order valence-electron chi connectivity index (χ1n) is 23.4. The molecule has 14 rings (SSSR count). The highest BCUT2D eigenvalue weighted by Crippen LogP contribution is 2.59. The van der Waals surface area contributed by atoms with E-state index in [9.17, 15) is 0 Å². The molecule has 3 aliphatic carbocycles. The van der Waals surface area contributed by atoms with Crippen LogP contribution in [0.3, 0.4) is 0 Å². The lowest BCUT2D eigenvalue weighted by molar-refractivity contribution is 0.626. The van der Waals surface area contributed by atoms with Gasteiger partial charge < -0.3 is 9.32 Å². The van der Waals surface area contributed by atoms with Gasteiger partial charge in [-0.05, 0) is 145 Å². The van der Waals surface area contributed by atoms with Gasteiger partial charge in [-0.2, -0.15) is 0 Å². The van der Waals surface area contributed by atoms with E-state index in [0.29, 0.717) is 0 Å². The van der Waals surface area contributed by atoms with Crippen molar-refractivity contribution in [3.05, 3.63) is 246 Å². The van der Waals surface area contributed by atoms with Gasteiger partial charge in [0.15, 0.2) is 0 Å². The average Bonchev–Trinajstić information content (AvgIpc) is 4.10. The van der Waals surface area contributed by atoms with E-state index in [1.54, 1.807) is 0 Å². The summed E-state index contributed by atoms with van der Waals surface area (Å²) in [5.74, 6) is 0. The molecule has 1 unspecified atom stereocenters. The Hall–Kier alpha value is -7.94. The number of benzene rings is 10. The zero-order valence-corrected chi connectivity index (χ0v) is 37.0. The third kappa shape index (κ3) is 5.13. The molecule has 10 aromatic carbocycles. The summed E-state index contributed by atoms with van der Waals surface area (Å²) in [6.07, 6.45) is 2.13. The largest absolute Gasteiger partial charge is 0.455 e. The number of fused-ring (bicyclic) bond motifs is 15. The maximum Gasteiger partial charge on any atom is 0.143 e. The number of rotatable bonds is 5. The summed E-state index contributed by atoms with van der Waals surface area (Å²) >= 11 is 0. The second kappa shape index (κ2) is 13.8. The number of hydrogen-bond donors (Lipinski definition) is 0. The molecule has 1 spiro atoms. The molecule has 11 aromatic rings. The van der Waals surface area contributed by atoms with Crippen LogP contribution in [-0.2, 0) is 17.3 Å². The zero-order chi connectivity index (χ0) is 43.7. The van der Waals surface area contributed by atoms with Crippen molar-refractivity contribution in [2.75, 3.05) is 4.90 Å². The summed E-state index contributed by atoms with van der Waals surface area (Å²) in [6.45, 7) is 4.76. The average molecular weight is 844 g/mol. The SMILES string of the molecule is CC1(C)c2ccccc2-c2cccc(-c3cccc(N(c4ccc(-c5cccc6oc7c8ccccc8ccc7c56)cc4)c4ccc5c(c4)C4(CCc6ccccc64)c4ccccc4-5)c3)c21. The second-order valence-corrected chi connectivity index (χ2v) is 19.1. The molecule has 1 atom stereocenters. The van der Waals surface area contributed by atoms with E-state index in [-0.39, 0.29) is 10.8 Å². The van der Waals surface area contributed by atoms with Gasteiger partial charge in [-0.3, -0.25) is 0 Å². The molecule has 0 N–H and O–H groups in total. The lowest BCUT2D eigenvalue weighted by Gasteiger charge is -2.31. The fraction of sp³-hybridized carbons (Fsp3) is 0.0938. The molecule has 2 heteroatoms. The topological polar surface area (TPSA) is 16.4 Å². The minimum Gasteiger partial charge on any atom is -0.455 e. The van der Waals surface area contributed by atoms with Crippen LogP contribution < -0.4 is 4.90 Å². The van der Waals surface area contributed by atoms with Crippen molar-refractivity contribution in [1.82, 2.24) is 0 Å². The third-order valence-electron chi connectivity index (χ3n) is 15.5. The molecule has 3 aliphatic rings. The number of aryl methyl sites for hydroxylation is 1. The van der Waals surface area contributed by atoms with Gasteiger partial charge in [-0.1, -0.05) is 178 Å². The quantitative estimate of drug-likeness (QED) is 0.172. The van der Waals surface area contributed by atoms with Crippen LogP contribution in [0, 0.1) is 0 Å². The van der Waals surface area contributed by atoms with Crippen molar-refractivity contribution >= 4 is 49.8 Å².